The third kappa shape index (κ3) is 5.89. The fourth-order valence-electron chi connectivity index (χ4n) is 2.90. The molecule has 0 aromatic heterocycles. The summed E-state index contributed by atoms with van der Waals surface area (Å²) in [5.41, 5.74) is 1.47. The molecule has 0 aliphatic rings. The molecule has 0 unspecified atom stereocenters. The monoisotopic (exact) mass is 386 g/mol. The molecule has 6 heteroatoms. The van der Waals surface area contributed by atoms with Gasteiger partial charge in [0.05, 0.1) is 6.61 Å². The van der Waals surface area contributed by atoms with Gasteiger partial charge >= 0.3 is 0 Å². The summed E-state index contributed by atoms with van der Waals surface area (Å²) in [7, 11) is 1.56. The molecule has 1 N–H and O–H groups in total. The average molecular weight is 386 g/mol. The van der Waals surface area contributed by atoms with Crippen LogP contribution in [-0.4, -0.2) is 37.0 Å². The molecule has 0 bridgehead atoms. The number of halogens is 1. The van der Waals surface area contributed by atoms with Gasteiger partial charge in [-0.2, -0.15) is 0 Å². The van der Waals surface area contributed by atoms with Crippen LogP contribution in [0.2, 0.25) is 0 Å². The fraction of sp³-hybridized carbons (Fsp3) is 0.364. The maximum atomic E-state index is 13.3. The van der Waals surface area contributed by atoms with Crippen LogP contribution in [0.15, 0.2) is 54.6 Å². The highest BCUT2D eigenvalue weighted by Gasteiger charge is 2.32. The van der Waals surface area contributed by atoms with Gasteiger partial charge in [0.1, 0.15) is 11.9 Å². The van der Waals surface area contributed by atoms with Crippen LogP contribution in [0.1, 0.15) is 31.0 Å². The Bertz CT molecular complexity index is 763. The normalized spacial score (nSPS) is 11.9. The van der Waals surface area contributed by atoms with E-state index < -0.39 is 6.04 Å². The number of amides is 2. The van der Waals surface area contributed by atoms with Gasteiger partial charge in [-0.1, -0.05) is 56.3 Å². The first-order valence-corrected chi connectivity index (χ1v) is 9.30. The Morgan fingerprint density at radius 3 is 2.29 bits per heavy atom. The molecular weight excluding hydrogens is 359 g/mol. The van der Waals surface area contributed by atoms with Crippen LogP contribution < -0.4 is 5.32 Å². The quantitative estimate of drug-likeness (QED) is 0.673. The lowest BCUT2D eigenvalue weighted by atomic mass is 10.0. The summed E-state index contributed by atoms with van der Waals surface area (Å²) in [6.45, 7) is 4.52. The van der Waals surface area contributed by atoms with Crippen molar-refractivity contribution in [1.29, 1.82) is 0 Å². The van der Waals surface area contributed by atoms with E-state index in [2.05, 4.69) is 5.32 Å². The summed E-state index contributed by atoms with van der Waals surface area (Å²) in [6.07, 6.45) is 0. The van der Waals surface area contributed by atoms with E-state index in [9.17, 15) is 14.0 Å². The Morgan fingerprint density at radius 2 is 1.71 bits per heavy atom. The fourth-order valence-corrected chi connectivity index (χ4v) is 2.90. The van der Waals surface area contributed by atoms with Gasteiger partial charge < -0.3 is 15.0 Å². The summed E-state index contributed by atoms with van der Waals surface area (Å²) < 4.78 is 18.3. The number of methoxy groups -OCH3 is 1. The van der Waals surface area contributed by atoms with E-state index in [1.54, 1.807) is 38.0 Å². The average Bonchev–Trinajstić information content (AvgIpc) is 2.69. The number of carbonyl (C=O) groups excluding carboxylic acids is 2. The second kappa shape index (κ2) is 10.6. The van der Waals surface area contributed by atoms with Crippen LogP contribution in [0.4, 0.5) is 4.39 Å². The third-order valence-electron chi connectivity index (χ3n) is 4.32. The molecule has 5 nitrogen and oxygen atoms in total. The van der Waals surface area contributed by atoms with Crippen LogP contribution in [0.5, 0.6) is 0 Å². The second-order valence-corrected chi connectivity index (χ2v) is 6.84. The molecular formula is C22H27FN2O3. The zero-order valence-electron chi connectivity index (χ0n) is 16.5. The van der Waals surface area contributed by atoms with Gasteiger partial charge in [-0.15, -0.1) is 0 Å². The van der Waals surface area contributed by atoms with Crippen LogP contribution in [0, 0.1) is 11.7 Å². The number of nitrogens with zero attached hydrogens (tertiary/aromatic N) is 1. The van der Waals surface area contributed by atoms with E-state index in [1.807, 2.05) is 30.3 Å². The lowest BCUT2D eigenvalue weighted by Crippen LogP contribution is -2.45. The van der Waals surface area contributed by atoms with Gasteiger partial charge in [0.25, 0.3) is 0 Å². The van der Waals surface area contributed by atoms with Crippen LogP contribution in [-0.2, 0) is 20.9 Å². The molecule has 2 rings (SSSR count). The number of benzene rings is 2. The van der Waals surface area contributed by atoms with Crippen molar-refractivity contribution in [2.75, 3.05) is 20.3 Å². The third-order valence-corrected chi connectivity index (χ3v) is 4.32. The number of rotatable bonds is 9. The zero-order chi connectivity index (χ0) is 20.5. The first kappa shape index (κ1) is 21.6. The molecule has 0 aliphatic carbocycles. The van der Waals surface area contributed by atoms with Gasteiger partial charge in [-0.3, -0.25) is 9.59 Å². The standard InChI is InChI=1S/C22H27FN2O3/c1-16(2)22(27)25(15-17-9-11-19(23)12-10-17)20(18-7-5-4-6-8-18)21(26)24-13-14-28-3/h4-12,16,20H,13-15H2,1-3H3,(H,24,26)/t20-/m0/s1. The topological polar surface area (TPSA) is 58.6 Å². The summed E-state index contributed by atoms with van der Waals surface area (Å²) in [5, 5.41) is 2.83. The summed E-state index contributed by atoms with van der Waals surface area (Å²) in [5.74, 6) is -1.07. The van der Waals surface area contributed by atoms with Crippen molar-refractivity contribution in [3.8, 4) is 0 Å². The van der Waals surface area contributed by atoms with E-state index in [4.69, 9.17) is 4.74 Å². The van der Waals surface area contributed by atoms with E-state index in [0.29, 0.717) is 18.7 Å². The Balaban J connectivity index is 2.39. The molecule has 1 atom stereocenters. The lowest BCUT2D eigenvalue weighted by Gasteiger charge is -2.33. The summed E-state index contributed by atoms with van der Waals surface area (Å²) in [4.78, 5) is 27.6. The predicted molar refractivity (Wildman–Crippen MR) is 106 cm³/mol. The van der Waals surface area contributed by atoms with E-state index in [1.165, 1.54) is 12.1 Å². The molecule has 0 spiro atoms. The number of nitrogens with one attached hydrogen (secondary N) is 1. The molecule has 28 heavy (non-hydrogen) atoms. The smallest absolute Gasteiger partial charge is 0.247 e. The largest absolute Gasteiger partial charge is 0.383 e. The highest BCUT2D eigenvalue weighted by Crippen LogP contribution is 2.25. The Labute approximate surface area is 165 Å². The van der Waals surface area contributed by atoms with Gasteiger partial charge in [-0.25, -0.2) is 4.39 Å². The minimum absolute atomic E-state index is 0.153. The Morgan fingerprint density at radius 1 is 1.07 bits per heavy atom. The Kier molecular flexibility index (Phi) is 8.14. The van der Waals surface area contributed by atoms with Crippen molar-refractivity contribution in [2.45, 2.75) is 26.4 Å². The van der Waals surface area contributed by atoms with Crippen LogP contribution >= 0.6 is 0 Å². The second-order valence-electron chi connectivity index (χ2n) is 6.84. The van der Waals surface area contributed by atoms with Gasteiger partial charge in [0.2, 0.25) is 11.8 Å². The molecule has 0 radical (unpaired) electrons. The highest BCUT2D eigenvalue weighted by molar-refractivity contribution is 5.89. The molecule has 2 aromatic rings. The minimum Gasteiger partial charge on any atom is -0.383 e. The van der Waals surface area contributed by atoms with Crippen molar-refractivity contribution in [3.05, 3.63) is 71.5 Å². The van der Waals surface area contributed by atoms with Crippen molar-refractivity contribution in [3.63, 3.8) is 0 Å². The van der Waals surface area contributed by atoms with Gasteiger partial charge in [0, 0.05) is 26.1 Å². The molecule has 0 aliphatic heterocycles. The number of carbonyl (C=O) groups is 2. The van der Waals surface area contributed by atoms with Gasteiger partial charge in [0.15, 0.2) is 0 Å². The van der Waals surface area contributed by atoms with Gasteiger partial charge in [-0.05, 0) is 23.3 Å². The van der Waals surface area contributed by atoms with Crippen molar-refractivity contribution in [2.24, 2.45) is 5.92 Å². The van der Waals surface area contributed by atoms with Crippen molar-refractivity contribution >= 4 is 11.8 Å². The number of hydrogen-bond donors (Lipinski definition) is 1. The zero-order valence-corrected chi connectivity index (χ0v) is 16.5. The number of hydrogen-bond acceptors (Lipinski definition) is 3. The van der Waals surface area contributed by atoms with Crippen molar-refractivity contribution in [1.82, 2.24) is 10.2 Å². The predicted octanol–water partition coefficient (Wildman–Crippen LogP) is 3.31. The lowest BCUT2D eigenvalue weighted by molar-refractivity contribution is -0.144. The first-order chi connectivity index (χ1) is 13.4. The van der Waals surface area contributed by atoms with E-state index >= 15 is 0 Å². The van der Waals surface area contributed by atoms with Crippen LogP contribution in [0.25, 0.3) is 0 Å². The maximum absolute atomic E-state index is 13.3. The molecule has 0 saturated heterocycles. The molecule has 0 fully saturated rings. The molecule has 0 heterocycles. The molecule has 150 valence electrons. The minimum atomic E-state index is -0.794. The Hall–Kier alpha value is -2.73. The van der Waals surface area contributed by atoms with Crippen LogP contribution in [0.3, 0.4) is 0 Å². The highest BCUT2D eigenvalue weighted by atomic mass is 19.1. The maximum Gasteiger partial charge on any atom is 0.247 e. The van der Waals surface area contributed by atoms with E-state index in [0.717, 1.165) is 5.56 Å². The molecule has 2 amide bonds. The SMILES string of the molecule is COCCNC(=O)[C@H](c1ccccc1)N(Cc1ccc(F)cc1)C(=O)C(C)C. The van der Waals surface area contributed by atoms with E-state index in [-0.39, 0.29) is 30.1 Å². The first-order valence-electron chi connectivity index (χ1n) is 9.30. The summed E-state index contributed by atoms with van der Waals surface area (Å²) in [6, 6.07) is 14.3. The molecule has 2 aromatic carbocycles. The van der Waals surface area contributed by atoms with Crippen molar-refractivity contribution < 1.29 is 18.7 Å². The summed E-state index contributed by atoms with van der Waals surface area (Å²) >= 11 is 0. The molecule has 0 saturated carbocycles. The number of ether oxygens (including phenoxy) is 1.